The van der Waals surface area contributed by atoms with E-state index in [1.54, 1.807) is 0 Å². The Kier molecular flexibility index (Phi) is 5.79. The molecule has 0 spiro atoms. The lowest BCUT2D eigenvalue weighted by Crippen LogP contribution is -2.37. The van der Waals surface area contributed by atoms with Crippen LogP contribution in [0.3, 0.4) is 0 Å². The Labute approximate surface area is 169 Å². The highest BCUT2D eigenvalue weighted by Crippen LogP contribution is 2.34. The molecule has 6 heteroatoms. The third-order valence-corrected chi connectivity index (χ3v) is 5.35. The average Bonchev–Trinajstić information content (AvgIpc) is 2.70. The molecule has 1 N–H and O–H groups in total. The molecule has 0 radical (unpaired) electrons. The van der Waals surface area contributed by atoms with Crippen molar-refractivity contribution in [2.75, 3.05) is 31.2 Å². The second kappa shape index (κ2) is 8.44. The van der Waals surface area contributed by atoms with E-state index in [2.05, 4.69) is 21.3 Å². The van der Waals surface area contributed by atoms with Crippen molar-refractivity contribution >= 4 is 39.8 Å². The van der Waals surface area contributed by atoms with Gasteiger partial charge < -0.3 is 15.0 Å². The van der Waals surface area contributed by atoms with Gasteiger partial charge in [0.25, 0.3) is 0 Å². The number of pyridine rings is 1. The molecule has 1 fully saturated rings. The summed E-state index contributed by atoms with van der Waals surface area (Å²) in [6.07, 6.45) is 0. The van der Waals surface area contributed by atoms with Gasteiger partial charge in [-0.3, -0.25) is 0 Å². The molecular weight excluding hydrogens is 381 g/mol. The predicted octanol–water partition coefficient (Wildman–Crippen LogP) is 4.67. The van der Waals surface area contributed by atoms with Crippen molar-refractivity contribution in [1.29, 1.82) is 0 Å². The van der Waals surface area contributed by atoms with Crippen LogP contribution in [0, 0.1) is 0 Å². The van der Waals surface area contributed by atoms with Gasteiger partial charge in [-0.25, -0.2) is 4.98 Å². The fourth-order valence-corrected chi connectivity index (χ4v) is 3.82. The Hall–Kier alpha value is -1.85. The topological polar surface area (TPSA) is 37.4 Å². The summed E-state index contributed by atoms with van der Waals surface area (Å²) in [6, 6.07) is 16.0. The van der Waals surface area contributed by atoms with Crippen molar-refractivity contribution in [3.8, 4) is 0 Å². The Bertz CT molecular complexity index is 925. The van der Waals surface area contributed by atoms with E-state index < -0.39 is 0 Å². The molecule has 2 aromatic carbocycles. The molecule has 4 nitrogen and oxygen atoms in total. The van der Waals surface area contributed by atoms with Crippen molar-refractivity contribution in [2.24, 2.45) is 0 Å². The Balaban J connectivity index is 1.63. The minimum Gasteiger partial charge on any atom is -0.378 e. The zero-order valence-corrected chi connectivity index (χ0v) is 16.4. The summed E-state index contributed by atoms with van der Waals surface area (Å²) in [5, 5.41) is 5.93. The summed E-state index contributed by atoms with van der Waals surface area (Å²) in [5.74, 6) is 0. The van der Waals surface area contributed by atoms with Crippen LogP contribution in [0.1, 0.15) is 11.1 Å². The highest BCUT2D eigenvalue weighted by molar-refractivity contribution is 6.31. The smallest absolute Gasteiger partial charge is 0.136 e. The maximum atomic E-state index is 6.60. The second-order valence-electron chi connectivity index (χ2n) is 6.58. The SMILES string of the molecule is Clc1ccc(CNCc2c(Cl)nc3ccccc3c2N2CCOCC2)cc1. The van der Waals surface area contributed by atoms with Crippen molar-refractivity contribution < 1.29 is 4.74 Å². The van der Waals surface area contributed by atoms with Crippen LogP contribution in [-0.2, 0) is 17.8 Å². The highest BCUT2D eigenvalue weighted by Gasteiger charge is 2.21. The molecule has 1 aromatic heterocycles. The quantitative estimate of drug-likeness (QED) is 0.630. The maximum absolute atomic E-state index is 6.60. The molecule has 2 heterocycles. The molecule has 0 atom stereocenters. The number of benzene rings is 2. The molecule has 0 aliphatic carbocycles. The van der Waals surface area contributed by atoms with E-state index in [0.29, 0.717) is 11.7 Å². The molecule has 3 aromatic rings. The number of hydrogen-bond donors (Lipinski definition) is 1. The number of aromatic nitrogens is 1. The van der Waals surface area contributed by atoms with E-state index in [1.165, 1.54) is 5.56 Å². The summed E-state index contributed by atoms with van der Waals surface area (Å²) in [4.78, 5) is 6.98. The van der Waals surface area contributed by atoms with E-state index in [1.807, 2.05) is 42.5 Å². The van der Waals surface area contributed by atoms with Gasteiger partial charge in [-0.2, -0.15) is 0 Å². The predicted molar refractivity (Wildman–Crippen MR) is 112 cm³/mol. The number of fused-ring (bicyclic) bond motifs is 1. The molecular formula is C21H21Cl2N3O. The van der Waals surface area contributed by atoms with Crippen LogP contribution in [0.4, 0.5) is 5.69 Å². The van der Waals surface area contributed by atoms with Gasteiger partial charge in [0.05, 0.1) is 24.4 Å². The second-order valence-corrected chi connectivity index (χ2v) is 7.37. The van der Waals surface area contributed by atoms with Gasteiger partial charge in [0, 0.05) is 42.2 Å². The minimum absolute atomic E-state index is 0.554. The molecule has 27 heavy (non-hydrogen) atoms. The number of para-hydroxylation sites is 1. The Morgan fingerprint density at radius 2 is 1.70 bits per heavy atom. The van der Waals surface area contributed by atoms with E-state index in [4.69, 9.17) is 27.9 Å². The van der Waals surface area contributed by atoms with Gasteiger partial charge in [0.1, 0.15) is 5.15 Å². The van der Waals surface area contributed by atoms with Crippen LogP contribution in [0.25, 0.3) is 10.9 Å². The number of nitrogens with zero attached hydrogens (tertiary/aromatic N) is 2. The van der Waals surface area contributed by atoms with Crippen LogP contribution in [0.15, 0.2) is 48.5 Å². The zero-order chi connectivity index (χ0) is 18.6. The molecule has 1 aliphatic rings. The molecule has 0 saturated carbocycles. The van der Waals surface area contributed by atoms with Crippen LogP contribution >= 0.6 is 23.2 Å². The third-order valence-electron chi connectivity index (χ3n) is 4.78. The number of ether oxygens (including phenoxy) is 1. The number of hydrogen-bond acceptors (Lipinski definition) is 4. The van der Waals surface area contributed by atoms with Crippen LogP contribution < -0.4 is 10.2 Å². The number of halogens is 2. The average molecular weight is 402 g/mol. The monoisotopic (exact) mass is 401 g/mol. The Morgan fingerprint density at radius 3 is 2.48 bits per heavy atom. The van der Waals surface area contributed by atoms with Crippen molar-refractivity contribution in [2.45, 2.75) is 13.1 Å². The van der Waals surface area contributed by atoms with Gasteiger partial charge >= 0.3 is 0 Å². The fraction of sp³-hybridized carbons (Fsp3) is 0.286. The van der Waals surface area contributed by atoms with Crippen molar-refractivity contribution in [3.05, 3.63) is 69.8 Å². The van der Waals surface area contributed by atoms with Gasteiger partial charge in [-0.1, -0.05) is 53.5 Å². The normalized spacial score (nSPS) is 14.7. The number of morpholine rings is 1. The molecule has 1 saturated heterocycles. The fourth-order valence-electron chi connectivity index (χ4n) is 3.44. The Morgan fingerprint density at radius 1 is 0.963 bits per heavy atom. The largest absolute Gasteiger partial charge is 0.378 e. The van der Waals surface area contributed by atoms with Crippen molar-refractivity contribution in [3.63, 3.8) is 0 Å². The zero-order valence-electron chi connectivity index (χ0n) is 14.9. The molecule has 140 valence electrons. The third kappa shape index (κ3) is 4.19. The van der Waals surface area contributed by atoms with Gasteiger partial charge in [0.2, 0.25) is 0 Å². The van der Waals surface area contributed by atoms with Gasteiger partial charge in [-0.15, -0.1) is 0 Å². The van der Waals surface area contributed by atoms with E-state index in [0.717, 1.165) is 60.0 Å². The number of anilines is 1. The summed E-state index contributed by atoms with van der Waals surface area (Å²) in [5.41, 5.74) is 4.30. The van der Waals surface area contributed by atoms with Gasteiger partial charge in [0.15, 0.2) is 0 Å². The number of nitrogens with one attached hydrogen (secondary N) is 1. The highest BCUT2D eigenvalue weighted by atomic mass is 35.5. The van der Waals surface area contributed by atoms with Crippen LogP contribution in [0.2, 0.25) is 10.2 Å². The molecule has 4 rings (SSSR count). The first kappa shape index (κ1) is 18.5. The summed E-state index contributed by atoms with van der Waals surface area (Å²) < 4.78 is 5.54. The molecule has 0 amide bonds. The standard InChI is InChI=1S/C21H21Cl2N3O/c22-16-7-5-15(6-8-16)13-24-14-18-20(26-9-11-27-12-10-26)17-3-1-2-4-19(17)25-21(18)23/h1-8,24H,9-14H2. The first-order valence-corrected chi connectivity index (χ1v) is 9.83. The van der Waals surface area contributed by atoms with Crippen LogP contribution in [-0.4, -0.2) is 31.3 Å². The van der Waals surface area contributed by atoms with Crippen molar-refractivity contribution in [1.82, 2.24) is 10.3 Å². The summed E-state index contributed by atoms with van der Waals surface area (Å²) in [6.45, 7) is 4.55. The lowest BCUT2D eigenvalue weighted by Gasteiger charge is -2.32. The molecule has 0 unspecified atom stereocenters. The minimum atomic E-state index is 0.554. The lowest BCUT2D eigenvalue weighted by atomic mass is 10.1. The van der Waals surface area contributed by atoms with Gasteiger partial charge in [-0.05, 0) is 23.8 Å². The lowest BCUT2D eigenvalue weighted by molar-refractivity contribution is 0.122. The molecule has 0 bridgehead atoms. The van der Waals surface area contributed by atoms with E-state index >= 15 is 0 Å². The number of rotatable bonds is 5. The van der Waals surface area contributed by atoms with Crippen LogP contribution in [0.5, 0.6) is 0 Å². The maximum Gasteiger partial charge on any atom is 0.136 e. The molecule has 1 aliphatic heterocycles. The van der Waals surface area contributed by atoms with E-state index in [9.17, 15) is 0 Å². The summed E-state index contributed by atoms with van der Waals surface area (Å²) in [7, 11) is 0. The van der Waals surface area contributed by atoms with E-state index in [-0.39, 0.29) is 0 Å². The first-order valence-electron chi connectivity index (χ1n) is 9.07. The summed E-state index contributed by atoms with van der Waals surface area (Å²) >= 11 is 12.6. The first-order chi connectivity index (χ1) is 13.2.